The summed E-state index contributed by atoms with van der Waals surface area (Å²) in [6.07, 6.45) is 0.923. The molecule has 2 aromatic carbocycles. The molecule has 3 heteroatoms. The van der Waals surface area contributed by atoms with Gasteiger partial charge in [0.1, 0.15) is 0 Å². The molecule has 0 saturated carbocycles. The third kappa shape index (κ3) is 2.15. The Morgan fingerprint density at radius 2 is 1.84 bits per heavy atom. The van der Waals surface area contributed by atoms with Gasteiger partial charge in [-0.15, -0.1) is 12.6 Å². The van der Waals surface area contributed by atoms with Crippen molar-refractivity contribution in [2.75, 3.05) is 4.90 Å². The van der Waals surface area contributed by atoms with Crippen LogP contribution in [0.4, 0.5) is 5.69 Å². The maximum Gasteiger partial charge on any atom is 0.258 e. The molecule has 1 unspecified atom stereocenters. The largest absolute Gasteiger partial charge is 0.305 e. The summed E-state index contributed by atoms with van der Waals surface area (Å²) in [4.78, 5) is 15.4. The fourth-order valence-electron chi connectivity index (χ4n) is 2.62. The van der Waals surface area contributed by atoms with Gasteiger partial charge in [0, 0.05) is 22.2 Å². The second kappa shape index (κ2) is 4.74. The number of carbonyl (C=O) groups excluding carboxylic acids is 1. The molecule has 1 heterocycles. The fraction of sp³-hybridized carbons (Fsp3) is 0.188. The Balaban J connectivity index is 1.98. The standard InChI is InChI=1S/C16H15NOS/c1-11-10-13-4-2-3-5-15(13)17(11)16(18)12-6-8-14(19)9-7-12/h2-9,11,19H,10H2,1H3. The number of anilines is 1. The van der Waals surface area contributed by atoms with Crippen LogP contribution in [-0.2, 0) is 6.42 Å². The van der Waals surface area contributed by atoms with Crippen LogP contribution >= 0.6 is 12.6 Å². The molecule has 0 aromatic heterocycles. The summed E-state index contributed by atoms with van der Waals surface area (Å²) in [5.74, 6) is 0.0609. The number of rotatable bonds is 1. The molecule has 96 valence electrons. The molecule has 0 spiro atoms. The van der Waals surface area contributed by atoms with Gasteiger partial charge in [0.2, 0.25) is 0 Å². The maximum atomic E-state index is 12.6. The first-order valence-corrected chi connectivity index (χ1v) is 6.82. The molecule has 1 atom stereocenters. The second-order valence-electron chi connectivity index (χ2n) is 4.90. The van der Waals surface area contributed by atoms with E-state index in [9.17, 15) is 4.79 Å². The summed E-state index contributed by atoms with van der Waals surface area (Å²) in [5, 5.41) is 0. The second-order valence-corrected chi connectivity index (χ2v) is 5.42. The van der Waals surface area contributed by atoms with E-state index in [2.05, 4.69) is 25.6 Å². The lowest BCUT2D eigenvalue weighted by Crippen LogP contribution is -2.35. The van der Waals surface area contributed by atoms with E-state index in [4.69, 9.17) is 0 Å². The molecule has 2 nitrogen and oxygen atoms in total. The molecular formula is C16H15NOS. The van der Waals surface area contributed by atoms with Crippen molar-refractivity contribution in [3.8, 4) is 0 Å². The zero-order valence-electron chi connectivity index (χ0n) is 10.7. The van der Waals surface area contributed by atoms with Crippen LogP contribution in [0.3, 0.4) is 0 Å². The lowest BCUT2D eigenvalue weighted by atomic mass is 10.1. The maximum absolute atomic E-state index is 12.6. The first-order chi connectivity index (χ1) is 9.16. The Morgan fingerprint density at radius 3 is 2.58 bits per heavy atom. The van der Waals surface area contributed by atoms with Gasteiger partial charge in [0.15, 0.2) is 0 Å². The number of para-hydroxylation sites is 1. The van der Waals surface area contributed by atoms with Gasteiger partial charge in [0.05, 0.1) is 0 Å². The Bertz CT molecular complexity index is 621. The number of nitrogens with zero attached hydrogens (tertiary/aromatic N) is 1. The van der Waals surface area contributed by atoms with E-state index >= 15 is 0 Å². The highest BCUT2D eigenvalue weighted by Gasteiger charge is 2.30. The van der Waals surface area contributed by atoms with Gasteiger partial charge < -0.3 is 4.90 Å². The van der Waals surface area contributed by atoms with Crippen LogP contribution in [0, 0.1) is 0 Å². The third-order valence-corrected chi connectivity index (χ3v) is 3.84. The highest BCUT2D eigenvalue weighted by atomic mass is 32.1. The number of benzene rings is 2. The van der Waals surface area contributed by atoms with E-state index in [1.807, 2.05) is 47.4 Å². The molecule has 0 fully saturated rings. The average Bonchev–Trinajstić information content (AvgIpc) is 2.74. The zero-order valence-corrected chi connectivity index (χ0v) is 11.6. The SMILES string of the molecule is CC1Cc2ccccc2N1C(=O)c1ccc(S)cc1. The third-order valence-electron chi connectivity index (χ3n) is 3.54. The predicted octanol–water partition coefficient (Wildman–Crippen LogP) is 3.57. The minimum atomic E-state index is 0.0609. The Morgan fingerprint density at radius 1 is 1.16 bits per heavy atom. The van der Waals surface area contributed by atoms with Crippen LogP contribution < -0.4 is 4.90 Å². The van der Waals surface area contributed by atoms with Crippen LogP contribution in [0.2, 0.25) is 0 Å². The quantitative estimate of drug-likeness (QED) is 0.785. The zero-order chi connectivity index (χ0) is 13.4. The van der Waals surface area contributed by atoms with Crippen LogP contribution in [0.5, 0.6) is 0 Å². The Hall–Kier alpha value is -1.74. The van der Waals surface area contributed by atoms with E-state index in [1.165, 1.54) is 5.56 Å². The van der Waals surface area contributed by atoms with Crippen LogP contribution in [0.1, 0.15) is 22.8 Å². The predicted molar refractivity (Wildman–Crippen MR) is 80.1 cm³/mol. The smallest absolute Gasteiger partial charge is 0.258 e. The number of amides is 1. The summed E-state index contributed by atoms with van der Waals surface area (Å²) in [6.45, 7) is 2.09. The Labute approximate surface area is 118 Å². The average molecular weight is 269 g/mol. The van der Waals surface area contributed by atoms with Crippen LogP contribution in [0.15, 0.2) is 53.4 Å². The first-order valence-electron chi connectivity index (χ1n) is 6.37. The molecule has 0 saturated heterocycles. The molecule has 0 bridgehead atoms. The molecule has 0 aliphatic carbocycles. The molecule has 2 aromatic rings. The summed E-state index contributed by atoms with van der Waals surface area (Å²) in [6, 6.07) is 15.7. The van der Waals surface area contributed by atoms with Crippen LogP contribution in [-0.4, -0.2) is 11.9 Å². The van der Waals surface area contributed by atoms with Gasteiger partial charge in [0.25, 0.3) is 5.91 Å². The van der Waals surface area contributed by atoms with E-state index in [-0.39, 0.29) is 11.9 Å². The van der Waals surface area contributed by atoms with Crippen molar-refractivity contribution in [3.05, 3.63) is 59.7 Å². The minimum Gasteiger partial charge on any atom is -0.305 e. The molecule has 0 N–H and O–H groups in total. The molecule has 1 aliphatic heterocycles. The van der Waals surface area contributed by atoms with Crippen LogP contribution in [0.25, 0.3) is 0 Å². The highest BCUT2D eigenvalue weighted by Crippen LogP contribution is 2.33. The van der Waals surface area contributed by atoms with Crippen molar-refractivity contribution in [1.82, 2.24) is 0 Å². The first kappa shape index (κ1) is 12.3. The normalized spacial score (nSPS) is 17.4. The molecule has 0 radical (unpaired) electrons. The number of hydrogen-bond donors (Lipinski definition) is 1. The summed E-state index contributed by atoms with van der Waals surface area (Å²) >= 11 is 4.25. The van der Waals surface area contributed by atoms with Gasteiger partial charge in [-0.05, 0) is 49.2 Å². The van der Waals surface area contributed by atoms with Gasteiger partial charge in [-0.2, -0.15) is 0 Å². The number of thiol groups is 1. The fourth-order valence-corrected chi connectivity index (χ4v) is 2.77. The van der Waals surface area contributed by atoms with Crippen molar-refractivity contribution < 1.29 is 4.79 Å². The van der Waals surface area contributed by atoms with Crippen molar-refractivity contribution in [2.24, 2.45) is 0 Å². The number of fused-ring (bicyclic) bond motifs is 1. The Kier molecular flexibility index (Phi) is 3.07. The molecular weight excluding hydrogens is 254 g/mol. The lowest BCUT2D eigenvalue weighted by molar-refractivity contribution is 0.0981. The van der Waals surface area contributed by atoms with Gasteiger partial charge in [-0.25, -0.2) is 0 Å². The van der Waals surface area contributed by atoms with E-state index in [1.54, 1.807) is 0 Å². The molecule has 1 amide bonds. The highest BCUT2D eigenvalue weighted by molar-refractivity contribution is 7.80. The van der Waals surface area contributed by atoms with Crippen molar-refractivity contribution >= 4 is 24.2 Å². The summed E-state index contributed by atoms with van der Waals surface area (Å²) < 4.78 is 0. The van der Waals surface area contributed by atoms with Crippen molar-refractivity contribution in [2.45, 2.75) is 24.3 Å². The monoisotopic (exact) mass is 269 g/mol. The van der Waals surface area contributed by atoms with Crippen molar-refractivity contribution in [1.29, 1.82) is 0 Å². The summed E-state index contributed by atoms with van der Waals surface area (Å²) in [5.41, 5.74) is 2.99. The number of carbonyl (C=O) groups is 1. The van der Waals surface area contributed by atoms with Gasteiger partial charge in [-0.1, -0.05) is 18.2 Å². The molecule has 3 rings (SSSR count). The van der Waals surface area contributed by atoms with E-state index < -0.39 is 0 Å². The molecule has 19 heavy (non-hydrogen) atoms. The van der Waals surface area contributed by atoms with Gasteiger partial charge in [-0.3, -0.25) is 4.79 Å². The van der Waals surface area contributed by atoms with Gasteiger partial charge >= 0.3 is 0 Å². The minimum absolute atomic E-state index is 0.0609. The van der Waals surface area contributed by atoms with Crippen molar-refractivity contribution in [3.63, 3.8) is 0 Å². The molecule has 1 aliphatic rings. The van der Waals surface area contributed by atoms with E-state index in [0.717, 1.165) is 17.0 Å². The number of hydrogen-bond acceptors (Lipinski definition) is 2. The van der Waals surface area contributed by atoms with E-state index in [0.29, 0.717) is 5.56 Å². The lowest BCUT2D eigenvalue weighted by Gasteiger charge is -2.22. The topological polar surface area (TPSA) is 20.3 Å². The summed E-state index contributed by atoms with van der Waals surface area (Å²) in [7, 11) is 0.